The van der Waals surface area contributed by atoms with Gasteiger partial charge in [0.15, 0.2) is 5.82 Å². The van der Waals surface area contributed by atoms with E-state index >= 15 is 0 Å². The number of carbonyl (C=O) groups is 1. The monoisotopic (exact) mass is 284 g/mol. The minimum Gasteiger partial charge on any atom is -0.345 e. The zero-order valence-corrected chi connectivity index (χ0v) is 12.0. The lowest BCUT2D eigenvalue weighted by molar-refractivity contribution is 0.0891. The number of benzene rings is 1. The van der Waals surface area contributed by atoms with Crippen molar-refractivity contribution in [3.05, 3.63) is 54.1 Å². The predicted molar refractivity (Wildman–Crippen MR) is 80.8 cm³/mol. The van der Waals surface area contributed by atoms with Crippen LogP contribution >= 0.6 is 0 Å². The van der Waals surface area contributed by atoms with E-state index in [1.807, 2.05) is 6.07 Å². The number of rotatable bonds is 4. The zero-order chi connectivity index (χ0) is 14.5. The standard InChI is InChI=1S/C16H20N4O/c21-16(15-17-8-9-18-15)19-14-7-4-10-20(12-14)11-13-5-2-1-3-6-13/h1-3,5-6,8-9,14H,4,7,10-12H2,(H,17,18)(H,19,21). The summed E-state index contributed by atoms with van der Waals surface area (Å²) >= 11 is 0. The average Bonchev–Trinajstić information content (AvgIpc) is 3.03. The molecule has 1 aliphatic rings. The third kappa shape index (κ3) is 3.70. The Morgan fingerprint density at radius 1 is 1.38 bits per heavy atom. The number of aromatic nitrogens is 2. The molecular formula is C16H20N4O. The summed E-state index contributed by atoms with van der Waals surface area (Å²) < 4.78 is 0. The van der Waals surface area contributed by atoms with Crippen molar-refractivity contribution in [1.82, 2.24) is 20.2 Å². The third-order valence-corrected chi connectivity index (χ3v) is 3.80. The van der Waals surface area contributed by atoms with Crippen LogP contribution in [0.3, 0.4) is 0 Å². The number of imidazole rings is 1. The van der Waals surface area contributed by atoms with Crippen LogP contribution in [0.5, 0.6) is 0 Å². The molecule has 5 heteroatoms. The van der Waals surface area contributed by atoms with Crippen molar-refractivity contribution in [3.8, 4) is 0 Å². The lowest BCUT2D eigenvalue weighted by atomic mass is 10.0. The first-order chi connectivity index (χ1) is 10.3. The van der Waals surface area contributed by atoms with Gasteiger partial charge >= 0.3 is 0 Å². The molecule has 2 heterocycles. The van der Waals surface area contributed by atoms with E-state index in [0.29, 0.717) is 5.82 Å². The highest BCUT2D eigenvalue weighted by Gasteiger charge is 2.22. The SMILES string of the molecule is O=C(NC1CCCN(Cc2ccccc2)C1)c1ncc[nH]1. The summed E-state index contributed by atoms with van der Waals surface area (Å²) in [5, 5.41) is 3.06. The van der Waals surface area contributed by atoms with Gasteiger partial charge < -0.3 is 10.3 Å². The number of hydrogen-bond donors (Lipinski definition) is 2. The normalized spacial score (nSPS) is 19.3. The number of hydrogen-bond acceptors (Lipinski definition) is 3. The summed E-state index contributed by atoms with van der Waals surface area (Å²) in [6.07, 6.45) is 5.39. The maximum Gasteiger partial charge on any atom is 0.287 e. The van der Waals surface area contributed by atoms with Crippen LogP contribution in [0.1, 0.15) is 29.0 Å². The lowest BCUT2D eigenvalue weighted by Crippen LogP contribution is -2.47. The van der Waals surface area contributed by atoms with Gasteiger partial charge in [-0.1, -0.05) is 30.3 Å². The number of H-pyrrole nitrogens is 1. The predicted octanol–water partition coefficient (Wildman–Crippen LogP) is 1.80. The molecule has 110 valence electrons. The fraction of sp³-hybridized carbons (Fsp3) is 0.375. The smallest absolute Gasteiger partial charge is 0.287 e. The van der Waals surface area contributed by atoms with Crippen LogP contribution in [0.2, 0.25) is 0 Å². The first-order valence-electron chi connectivity index (χ1n) is 7.38. The van der Waals surface area contributed by atoms with Crippen molar-refractivity contribution < 1.29 is 4.79 Å². The molecule has 0 aliphatic carbocycles. The molecule has 1 aliphatic heterocycles. The van der Waals surface area contributed by atoms with Crippen LogP contribution in [0, 0.1) is 0 Å². The molecule has 3 rings (SSSR count). The number of amides is 1. The molecule has 0 spiro atoms. The Morgan fingerprint density at radius 3 is 3.00 bits per heavy atom. The molecular weight excluding hydrogens is 264 g/mol. The molecule has 1 aromatic heterocycles. The summed E-state index contributed by atoms with van der Waals surface area (Å²) in [7, 11) is 0. The summed E-state index contributed by atoms with van der Waals surface area (Å²) in [5.74, 6) is 0.266. The summed E-state index contributed by atoms with van der Waals surface area (Å²) in [4.78, 5) is 21.2. The summed E-state index contributed by atoms with van der Waals surface area (Å²) in [5.41, 5.74) is 1.32. The molecule has 1 fully saturated rings. The Hall–Kier alpha value is -2.14. The van der Waals surface area contributed by atoms with Gasteiger partial charge in [-0.05, 0) is 24.9 Å². The van der Waals surface area contributed by atoms with Crippen molar-refractivity contribution in [2.24, 2.45) is 0 Å². The van der Waals surface area contributed by atoms with E-state index < -0.39 is 0 Å². The van der Waals surface area contributed by atoms with Crippen LogP contribution < -0.4 is 5.32 Å². The van der Waals surface area contributed by atoms with Crippen LogP contribution in [0.15, 0.2) is 42.7 Å². The molecule has 1 amide bonds. The van der Waals surface area contributed by atoms with Crippen LogP contribution in [-0.4, -0.2) is 39.9 Å². The number of nitrogens with one attached hydrogen (secondary N) is 2. The fourth-order valence-electron chi connectivity index (χ4n) is 2.80. The molecule has 2 N–H and O–H groups in total. The number of aromatic amines is 1. The van der Waals surface area contributed by atoms with Gasteiger partial charge in [0.25, 0.3) is 5.91 Å². The van der Waals surface area contributed by atoms with Crippen LogP contribution in [0.4, 0.5) is 0 Å². The van der Waals surface area contributed by atoms with Crippen molar-refractivity contribution in [3.63, 3.8) is 0 Å². The zero-order valence-electron chi connectivity index (χ0n) is 12.0. The average molecular weight is 284 g/mol. The first-order valence-corrected chi connectivity index (χ1v) is 7.38. The molecule has 0 saturated carbocycles. The van der Waals surface area contributed by atoms with E-state index in [1.165, 1.54) is 5.56 Å². The maximum absolute atomic E-state index is 12.0. The number of likely N-dealkylation sites (tertiary alicyclic amines) is 1. The molecule has 2 aromatic rings. The minimum absolute atomic E-state index is 0.119. The number of piperidine rings is 1. The van der Waals surface area contributed by atoms with Gasteiger partial charge in [-0.25, -0.2) is 4.98 Å². The van der Waals surface area contributed by atoms with E-state index in [9.17, 15) is 4.79 Å². The Kier molecular flexibility index (Phi) is 4.31. The molecule has 1 unspecified atom stereocenters. The van der Waals surface area contributed by atoms with E-state index in [0.717, 1.165) is 32.5 Å². The van der Waals surface area contributed by atoms with E-state index in [2.05, 4.69) is 44.5 Å². The molecule has 21 heavy (non-hydrogen) atoms. The van der Waals surface area contributed by atoms with Crippen molar-refractivity contribution in [2.45, 2.75) is 25.4 Å². The highest BCUT2D eigenvalue weighted by atomic mass is 16.2. The van der Waals surface area contributed by atoms with Gasteiger partial charge in [0.1, 0.15) is 0 Å². The van der Waals surface area contributed by atoms with E-state index in [-0.39, 0.29) is 11.9 Å². The highest BCUT2D eigenvalue weighted by molar-refractivity contribution is 5.90. The maximum atomic E-state index is 12.0. The highest BCUT2D eigenvalue weighted by Crippen LogP contribution is 2.14. The van der Waals surface area contributed by atoms with E-state index in [1.54, 1.807) is 12.4 Å². The van der Waals surface area contributed by atoms with Gasteiger partial charge in [0, 0.05) is 31.5 Å². The molecule has 5 nitrogen and oxygen atoms in total. The Labute approximate surface area is 124 Å². The van der Waals surface area contributed by atoms with Crippen molar-refractivity contribution >= 4 is 5.91 Å². The van der Waals surface area contributed by atoms with Gasteiger partial charge in [0.05, 0.1) is 0 Å². The topological polar surface area (TPSA) is 61.0 Å². The van der Waals surface area contributed by atoms with Crippen LogP contribution in [-0.2, 0) is 6.54 Å². The van der Waals surface area contributed by atoms with Gasteiger partial charge in [-0.3, -0.25) is 9.69 Å². The molecule has 0 bridgehead atoms. The Bertz CT molecular complexity index is 567. The number of carbonyl (C=O) groups excluding carboxylic acids is 1. The van der Waals surface area contributed by atoms with E-state index in [4.69, 9.17) is 0 Å². The molecule has 1 saturated heterocycles. The fourth-order valence-corrected chi connectivity index (χ4v) is 2.80. The first kappa shape index (κ1) is 13.8. The summed E-state index contributed by atoms with van der Waals surface area (Å²) in [6.45, 7) is 2.91. The quantitative estimate of drug-likeness (QED) is 0.900. The third-order valence-electron chi connectivity index (χ3n) is 3.80. The molecule has 1 atom stereocenters. The lowest BCUT2D eigenvalue weighted by Gasteiger charge is -2.33. The number of nitrogens with zero attached hydrogens (tertiary/aromatic N) is 2. The van der Waals surface area contributed by atoms with Gasteiger partial charge in [0.2, 0.25) is 0 Å². The second-order valence-corrected chi connectivity index (χ2v) is 5.47. The van der Waals surface area contributed by atoms with Crippen molar-refractivity contribution in [1.29, 1.82) is 0 Å². The van der Waals surface area contributed by atoms with Gasteiger partial charge in [-0.15, -0.1) is 0 Å². The summed E-state index contributed by atoms with van der Waals surface area (Å²) in [6, 6.07) is 10.6. The Balaban J connectivity index is 1.55. The second-order valence-electron chi connectivity index (χ2n) is 5.47. The largest absolute Gasteiger partial charge is 0.345 e. The van der Waals surface area contributed by atoms with Crippen LogP contribution in [0.25, 0.3) is 0 Å². The molecule has 1 aromatic carbocycles. The second kappa shape index (κ2) is 6.54. The Morgan fingerprint density at radius 2 is 2.24 bits per heavy atom. The van der Waals surface area contributed by atoms with Crippen molar-refractivity contribution in [2.75, 3.05) is 13.1 Å². The van der Waals surface area contributed by atoms with Gasteiger partial charge in [-0.2, -0.15) is 0 Å². The minimum atomic E-state index is -0.119. The molecule has 0 radical (unpaired) electrons.